The first kappa shape index (κ1) is 11.2. The zero-order valence-corrected chi connectivity index (χ0v) is 9.68. The summed E-state index contributed by atoms with van der Waals surface area (Å²) in [6, 6.07) is 0. The van der Waals surface area contributed by atoms with E-state index >= 15 is 0 Å². The zero-order chi connectivity index (χ0) is 9.52. The maximum absolute atomic E-state index is 11.3. The van der Waals surface area contributed by atoms with Gasteiger partial charge in [0.05, 0.1) is 0 Å². The van der Waals surface area contributed by atoms with Gasteiger partial charge in [-0.05, 0) is 29.9 Å². The standard InChI is InChI=1S/C10H16OS2/c1-2-3-5-9-8-10(11)13-7-4-6-12-9/h8H,2-7H2,1H3/b9-8-. The van der Waals surface area contributed by atoms with Crippen molar-refractivity contribution in [1.29, 1.82) is 0 Å². The molecule has 1 heterocycles. The second-order valence-electron chi connectivity index (χ2n) is 3.08. The third-order valence-corrected chi connectivity index (χ3v) is 3.96. The summed E-state index contributed by atoms with van der Waals surface area (Å²) in [6.07, 6.45) is 6.50. The smallest absolute Gasteiger partial charge is 0.212 e. The van der Waals surface area contributed by atoms with Gasteiger partial charge in [-0.15, -0.1) is 11.8 Å². The van der Waals surface area contributed by atoms with Crippen LogP contribution in [0.15, 0.2) is 11.0 Å². The number of thioether (sulfide) groups is 2. The lowest BCUT2D eigenvalue weighted by molar-refractivity contribution is -0.107. The topological polar surface area (TPSA) is 17.1 Å². The van der Waals surface area contributed by atoms with Crippen molar-refractivity contribution in [2.75, 3.05) is 11.5 Å². The lowest BCUT2D eigenvalue weighted by Crippen LogP contribution is -1.97. The summed E-state index contributed by atoms with van der Waals surface area (Å²) in [4.78, 5) is 12.6. The van der Waals surface area contributed by atoms with Gasteiger partial charge in [0.2, 0.25) is 5.12 Å². The molecule has 74 valence electrons. The van der Waals surface area contributed by atoms with Crippen LogP contribution < -0.4 is 0 Å². The summed E-state index contributed by atoms with van der Waals surface area (Å²) in [5, 5.41) is 0.248. The molecule has 0 aliphatic carbocycles. The number of unbranched alkanes of at least 4 members (excludes halogenated alkanes) is 1. The molecule has 1 rings (SSSR count). The van der Waals surface area contributed by atoms with E-state index in [-0.39, 0.29) is 5.12 Å². The molecule has 0 amide bonds. The van der Waals surface area contributed by atoms with Crippen LogP contribution in [0.2, 0.25) is 0 Å². The molecular weight excluding hydrogens is 200 g/mol. The van der Waals surface area contributed by atoms with E-state index in [9.17, 15) is 4.79 Å². The molecule has 0 atom stereocenters. The molecule has 0 aromatic rings. The van der Waals surface area contributed by atoms with E-state index in [4.69, 9.17) is 0 Å². The average Bonchev–Trinajstić information content (AvgIpc) is 2.09. The van der Waals surface area contributed by atoms with Gasteiger partial charge in [-0.3, -0.25) is 4.79 Å². The normalized spacial score (nSPS) is 23.2. The Morgan fingerprint density at radius 3 is 2.92 bits per heavy atom. The summed E-state index contributed by atoms with van der Waals surface area (Å²) in [5.74, 6) is 2.17. The molecule has 13 heavy (non-hydrogen) atoms. The number of allylic oxidation sites excluding steroid dienone is 1. The van der Waals surface area contributed by atoms with Crippen molar-refractivity contribution in [3.8, 4) is 0 Å². The molecule has 0 saturated carbocycles. The van der Waals surface area contributed by atoms with E-state index in [1.807, 2.05) is 17.8 Å². The Morgan fingerprint density at radius 1 is 1.38 bits per heavy atom. The number of hydrogen-bond donors (Lipinski definition) is 0. The minimum Gasteiger partial charge on any atom is -0.282 e. The first-order valence-electron chi connectivity index (χ1n) is 4.83. The van der Waals surface area contributed by atoms with Gasteiger partial charge in [0.1, 0.15) is 0 Å². The van der Waals surface area contributed by atoms with Gasteiger partial charge >= 0.3 is 0 Å². The molecule has 0 fully saturated rings. The lowest BCUT2D eigenvalue weighted by atomic mass is 10.2. The Morgan fingerprint density at radius 2 is 2.15 bits per heavy atom. The number of carbonyl (C=O) groups excluding carboxylic acids is 1. The first-order valence-corrected chi connectivity index (χ1v) is 6.80. The molecule has 0 aromatic carbocycles. The fraction of sp³-hybridized carbons (Fsp3) is 0.700. The summed E-state index contributed by atoms with van der Waals surface area (Å²) in [6.45, 7) is 2.19. The summed E-state index contributed by atoms with van der Waals surface area (Å²) in [5.41, 5.74) is 0. The van der Waals surface area contributed by atoms with Crippen LogP contribution in [0.1, 0.15) is 32.6 Å². The second-order valence-corrected chi connectivity index (χ2v) is 5.40. The number of hydrogen-bond acceptors (Lipinski definition) is 3. The van der Waals surface area contributed by atoms with E-state index in [1.165, 1.54) is 35.3 Å². The van der Waals surface area contributed by atoms with E-state index in [0.29, 0.717) is 0 Å². The van der Waals surface area contributed by atoms with E-state index in [1.54, 1.807) is 0 Å². The molecule has 0 aromatic heterocycles. The van der Waals surface area contributed by atoms with Gasteiger partial charge in [-0.2, -0.15) is 0 Å². The van der Waals surface area contributed by atoms with Crippen molar-refractivity contribution in [2.45, 2.75) is 32.6 Å². The highest BCUT2D eigenvalue weighted by Crippen LogP contribution is 2.26. The van der Waals surface area contributed by atoms with Crippen molar-refractivity contribution in [2.24, 2.45) is 0 Å². The molecule has 1 aliphatic rings. The predicted octanol–water partition coefficient (Wildman–Crippen LogP) is 3.46. The van der Waals surface area contributed by atoms with Gasteiger partial charge in [-0.25, -0.2) is 0 Å². The summed E-state index contributed by atoms with van der Waals surface area (Å²) < 4.78 is 0. The zero-order valence-electron chi connectivity index (χ0n) is 8.04. The molecule has 3 heteroatoms. The average molecular weight is 216 g/mol. The van der Waals surface area contributed by atoms with E-state index < -0.39 is 0 Å². The summed E-state index contributed by atoms with van der Waals surface area (Å²) >= 11 is 3.33. The van der Waals surface area contributed by atoms with Crippen molar-refractivity contribution >= 4 is 28.6 Å². The Labute approximate surface area is 88.7 Å². The Balaban J connectivity index is 2.46. The molecule has 1 aliphatic heterocycles. The minimum atomic E-state index is 0.248. The number of rotatable bonds is 3. The Kier molecular flexibility index (Phi) is 5.63. The molecule has 0 saturated heterocycles. The molecule has 1 nitrogen and oxygen atoms in total. The van der Waals surface area contributed by atoms with Crippen molar-refractivity contribution < 1.29 is 4.79 Å². The maximum Gasteiger partial charge on any atom is 0.212 e. The van der Waals surface area contributed by atoms with Gasteiger partial charge in [0.25, 0.3) is 0 Å². The van der Waals surface area contributed by atoms with Gasteiger partial charge in [-0.1, -0.05) is 25.1 Å². The Hall–Kier alpha value is 0.110. The minimum absolute atomic E-state index is 0.248. The van der Waals surface area contributed by atoms with Crippen LogP contribution in [0.4, 0.5) is 0 Å². The van der Waals surface area contributed by atoms with Gasteiger partial charge in [0.15, 0.2) is 0 Å². The van der Waals surface area contributed by atoms with Crippen LogP contribution >= 0.6 is 23.5 Å². The maximum atomic E-state index is 11.3. The quantitative estimate of drug-likeness (QED) is 0.719. The predicted molar refractivity (Wildman–Crippen MR) is 62.1 cm³/mol. The molecule has 0 radical (unpaired) electrons. The van der Waals surface area contributed by atoms with Gasteiger partial charge in [0, 0.05) is 11.8 Å². The van der Waals surface area contributed by atoms with E-state index in [2.05, 4.69) is 6.92 Å². The highest BCUT2D eigenvalue weighted by Gasteiger charge is 2.07. The van der Waals surface area contributed by atoms with E-state index in [0.717, 1.165) is 18.6 Å². The third-order valence-electron chi connectivity index (χ3n) is 1.88. The molecule has 0 N–H and O–H groups in total. The monoisotopic (exact) mass is 216 g/mol. The lowest BCUT2D eigenvalue weighted by Gasteiger charge is -2.09. The SMILES string of the molecule is CCCC/C1=C/C(=O)SCCCS1. The largest absolute Gasteiger partial charge is 0.282 e. The van der Waals surface area contributed by atoms with Gasteiger partial charge < -0.3 is 0 Å². The fourth-order valence-electron chi connectivity index (χ4n) is 1.15. The fourth-order valence-corrected chi connectivity index (χ4v) is 3.15. The molecular formula is C10H16OS2. The van der Waals surface area contributed by atoms with Crippen LogP contribution in [0.25, 0.3) is 0 Å². The second kappa shape index (κ2) is 6.55. The van der Waals surface area contributed by atoms with Crippen LogP contribution in [-0.4, -0.2) is 16.6 Å². The van der Waals surface area contributed by atoms with Crippen molar-refractivity contribution in [1.82, 2.24) is 0 Å². The highest BCUT2D eigenvalue weighted by molar-refractivity contribution is 8.14. The third kappa shape index (κ3) is 4.77. The van der Waals surface area contributed by atoms with Crippen molar-refractivity contribution in [3.05, 3.63) is 11.0 Å². The summed E-state index contributed by atoms with van der Waals surface area (Å²) in [7, 11) is 0. The molecule has 0 spiro atoms. The van der Waals surface area contributed by atoms with Crippen LogP contribution in [0, 0.1) is 0 Å². The van der Waals surface area contributed by atoms with Crippen LogP contribution in [0.3, 0.4) is 0 Å². The molecule has 0 unspecified atom stereocenters. The van der Waals surface area contributed by atoms with Crippen LogP contribution in [-0.2, 0) is 4.79 Å². The number of carbonyl (C=O) groups is 1. The highest BCUT2D eigenvalue weighted by atomic mass is 32.2. The molecule has 0 bridgehead atoms. The van der Waals surface area contributed by atoms with Crippen LogP contribution in [0.5, 0.6) is 0 Å². The van der Waals surface area contributed by atoms with Crippen molar-refractivity contribution in [3.63, 3.8) is 0 Å². The Bertz CT molecular complexity index is 199. The first-order chi connectivity index (χ1) is 6.33.